The molecule has 0 bridgehead atoms. The van der Waals surface area contributed by atoms with Gasteiger partial charge in [-0.25, -0.2) is 0 Å². The van der Waals surface area contributed by atoms with Crippen LogP contribution >= 0.6 is 0 Å². The van der Waals surface area contributed by atoms with Gasteiger partial charge in [0.15, 0.2) is 5.78 Å². The monoisotopic (exact) mass is 245 g/mol. The predicted octanol–water partition coefficient (Wildman–Crippen LogP) is 3.00. The van der Waals surface area contributed by atoms with Crippen LogP contribution in [0.1, 0.15) is 47.8 Å². The second kappa shape index (κ2) is 4.51. The molecule has 0 unspecified atom stereocenters. The van der Waals surface area contributed by atoms with Crippen molar-refractivity contribution in [1.82, 2.24) is 5.32 Å². The Hall–Kier alpha value is -1.15. The summed E-state index contributed by atoms with van der Waals surface area (Å²) in [5.74, 6) is 0.493. The second-order valence-corrected chi connectivity index (χ2v) is 6.45. The van der Waals surface area contributed by atoms with Crippen LogP contribution in [0.25, 0.3) is 0 Å². The minimum atomic E-state index is 0.134. The van der Waals surface area contributed by atoms with Crippen LogP contribution < -0.4 is 5.32 Å². The fraction of sp³-hybridized carbons (Fsp3) is 0.562. The van der Waals surface area contributed by atoms with E-state index in [0.717, 1.165) is 29.8 Å². The number of carbonyl (C=O) groups is 1. The number of nitrogens with one attached hydrogen (secondary N) is 1. The first-order chi connectivity index (χ1) is 8.30. The third-order valence-electron chi connectivity index (χ3n) is 3.80. The fourth-order valence-electron chi connectivity index (χ4n) is 2.46. The Morgan fingerprint density at radius 3 is 2.00 bits per heavy atom. The molecule has 0 atom stereocenters. The highest BCUT2D eigenvalue weighted by Crippen LogP contribution is 2.28. The van der Waals surface area contributed by atoms with Crippen LogP contribution in [0.4, 0.5) is 0 Å². The average Bonchev–Trinajstić information content (AvgIpc) is 2.11. The molecule has 1 aromatic rings. The quantitative estimate of drug-likeness (QED) is 0.812. The smallest absolute Gasteiger partial charge is 0.169 e. The minimum Gasteiger partial charge on any atom is -0.315 e. The van der Waals surface area contributed by atoms with Crippen LogP contribution in [0.2, 0.25) is 0 Å². The number of rotatable bonds is 2. The van der Waals surface area contributed by atoms with Gasteiger partial charge in [0.1, 0.15) is 0 Å². The summed E-state index contributed by atoms with van der Waals surface area (Å²) in [6, 6.07) is 4.35. The number of ketones is 1. The molecule has 1 aromatic carbocycles. The topological polar surface area (TPSA) is 29.1 Å². The Bertz CT molecular complexity index is 455. The van der Waals surface area contributed by atoms with Crippen LogP contribution in [0.15, 0.2) is 12.1 Å². The molecule has 2 rings (SSSR count). The molecule has 0 radical (unpaired) electrons. The summed E-state index contributed by atoms with van der Waals surface area (Å²) in [7, 11) is 0. The Morgan fingerprint density at radius 2 is 1.67 bits per heavy atom. The van der Waals surface area contributed by atoms with E-state index in [1.165, 1.54) is 5.56 Å². The number of benzene rings is 1. The molecule has 0 saturated carbocycles. The molecule has 2 nitrogen and oxygen atoms in total. The van der Waals surface area contributed by atoms with E-state index < -0.39 is 0 Å². The summed E-state index contributed by atoms with van der Waals surface area (Å²) < 4.78 is 0. The van der Waals surface area contributed by atoms with Crippen molar-refractivity contribution in [2.24, 2.45) is 5.92 Å². The number of Topliss-reactive ketones (excluding diaryl/α,β-unsaturated/α-hetero) is 1. The van der Waals surface area contributed by atoms with Crippen molar-refractivity contribution < 1.29 is 4.79 Å². The Labute approximate surface area is 110 Å². The summed E-state index contributed by atoms with van der Waals surface area (Å²) >= 11 is 0. The fourth-order valence-corrected chi connectivity index (χ4v) is 2.46. The first kappa shape index (κ1) is 13.3. The van der Waals surface area contributed by atoms with Crippen molar-refractivity contribution in [3.05, 3.63) is 34.4 Å². The summed E-state index contributed by atoms with van der Waals surface area (Å²) in [5.41, 5.74) is 4.62. The van der Waals surface area contributed by atoms with Gasteiger partial charge in [-0.1, -0.05) is 32.9 Å². The van der Waals surface area contributed by atoms with Gasteiger partial charge in [-0.15, -0.1) is 0 Å². The summed E-state index contributed by atoms with van der Waals surface area (Å²) in [5, 5.41) is 3.17. The number of carbonyl (C=O) groups excluding carboxylic acids is 1. The van der Waals surface area contributed by atoms with E-state index in [1.807, 2.05) is 0 Å². The first-order valence-corrected chi connectivity index (χ1v) is 6.67. The molecule has 1 aliphatic rings. The number of hydrogen-bond donors (Lipinski definition) is 1. The maximum Gasteiger partial charge on any atom is 0.169 e. The van der Waals surface area contributed by atoms with Gasteiger partial charge in [0.05, 0.1) is 0 Å². The summed E-state index contributed by atoms with van der Waals surface area (Å²) in [4.78, 5) is 12.4. The third kappa shape index (κ3) is 2.35. The average molecular weight is 245 g/mol. The zero-order chi connectivity index (χ0) is 13.5. The van der Waals surface area contributed by atoms with Gasteiger partial charge < -0.3 is 5.32 Å². The maximum absolute atomic E-state index is 12.4. The van der Waals surface area contributed by atoms with E-state index in [9.17, 15) is 4.79 Å². The second-order valence-electron chi connectivity index (χ2n) is 6.45. The van der Waals surface area contributed by atoms with Gasteiger partial charge in [-0.05, 0) is 36.0 Å². The molecular formula is C16H23NO. The lowest BCUT2D eigenvalue weighted by Gasteiger charge is -2.28. The van der Waals surface area contributed by atoms with Crippen LogP contribution in [0.5, 0.6) is 0 Å². The summed E-state index contributed by atoms with van der Waals surface area (Å²) in [6.45, 7) is 12.4. The molecule has 98 valence electrons. The Kier molecular flexibility index (Phi) is 3.33. The van der Waals surface area contributed by atoms with Gasteiger partial charge in [0.2, 0.25) is 0 Å². The van der Waals surface area contributed by atoms with E-state index in [-0.39, 0.29) is 11.3 Å². The molecule has 18 heavy (non-hydrogen) atoms. The molecule has 1 aliphatic heterocycles. The van der Waals surface area contributed by atoms with E-state index >= 15 is 0 Å². The van der Waals surface area contributed by atoms with E-state index in [1.54, 1.807) is 0 Å². The predicted molar refractivity (Wildman–Crippen MR) is 75.3 cm³/mol. The maximum atomic E-state index is 12.4. The highest BCUT2D eigenvalue weighted by molar-refractivity contribution is 6.01. The van der Waals surface area contributed by atoms with E-state index in [0.29, 0.717) is 5.78 Å². The lowest BCUT2D eigenvalue weighted by atomic mass is 9.81. The van der Waals surface area contributed by atoms with Crippen molar-refractivity contribution in [3.63, 3.8) is 0 Å². The minimum absolute atomic E-state index is 0.134. The lowest BCUT2D eigenvalue weighted by Crippen LogP contribution is -2.46. The molecule has 0 aliphatic carbocycles. The van der Waals surface area contributed by atoms with Crippen molar-refractivity contribution in [3.8, 4) is 0 Å². The van der Waals surface area contributed by atoms with Crippen LogP contribution in [0, 0.1) is 19.8 Å². The van der Waals surface area contributed by atoms with E-state index in [4.69, 9.17) is 0 Å². The Balaban J connectivity index is 2.41. The van der Waals surface area contributed by atoms with Gasteiger partial charge >= 0.3 is 0 Å². The van der Waals surface area contributed by atoms with Crippen LogP contribution in [-0.4, -0.2) is 18.9 Å². The van der Waals surface area contributed by atoms with Crippen LogP contribution in [0.3, 0.4) is 0 Å². The van der Waals surface area contributed by atoms with Crippen molar-refractivity contribution >= 4 is 5.78 Å². The molecule has 1 saturated heterocycles. The van der Waals surface area contributed by atoms with Crippen molar-refractivity contribution in [2.45, 2.75) is 40.0 Å². The van der Waals surface area contributed by atoms with Gasteiger partial charge in [0.25, 0.3) is 0 Å². The molecule has 1 heterocycles. The zero-order valence-corrected chi connectivity index (χ0v) is 12.1. The van der Waals surface area contributed by atoms with Gasteiger partial charge in [-0.3, -0.25) is 4.79 Å². The third-order valence-corrected chi connectivity index (χ3v) is 3.80. The largest absolute Gasteiger partial charge is 0.315 e. The molecule has 2 heteroatoms. The highest BCUT2D eigenvalue weighted by atomic mass is 16.1. The van der Waals surface area contributed by atoms with Gasteiger partial charge in [-0.2, -0.15) is 0 Å². The molecule has 0 spiro atoms. The first-order valence-electron chi connectivity index (χ1n) is 6.67. The molecule has 1 fully saturated rings. The molecule has 0 amide bonds. The number of hydrogen-bond acceptors (Lipinski definition) is 2. The highest BCUT2D eigenvalue weighted by Gasteiger charge is 2.28. The zero-order valence-electron chi connectivity index (χ0n) is 12.1. The standard InChI is InChI=1S/C16H23NO/c1-10-6-13(16(3,4)5)7-11(2)14(10)15(18)12-8-17-9-12/h6-7,12,17H,8-9H2,1-5H3. The summed E-state index contributed by atoms with van der Waals surface area (Å²) in [6.07, 6.45) is 0. The molecular weight excluding hydrogens is 222 g/mol. The number of aryl methyl sites for hydroxylation is 2. The van der Waals surface area contributed by atoms with Gasteiger partial charge in [0, 0.05) is 24.6 Å². The van der Waals surface area contributed by atoms with Crippen LogP contribution in [-0.2, 0) is 5.41 Å². The molecule has 0 aromatic heterocycles. The van der Waals surface area contributed by atoms with Crippen molar-refractivity contribution in [2.75, 3.05) is 13.1 Å². The van der Waals surface area contributed by atoms with Crippen molar-refractivity contribution in [1.29, 1.82) is 0 Å². The molecule has 1 N–H and O–H groups in total. The van der Waals surface area contributed by atoms with E-state index in [2.05, 4.69) is 52.1 Å². The Morgan fingerprint density at radius 1 is 1.17 bits per heavy atom. The lowest BCUT2D eigenvalue weighted by molar-refractivity contribution is 0.0877. The normalized spacial score (nSPS) is 16.5. The SMILES string of the molecule is Cc1cc(C(C)(C)C)cc(C)c1C(=O)C1CNC1.